The van der Waals surface area contributed by atoms with Gasteiger partial charge in [0.15, 0.2) is 0 Å². The molecule has 1 saturated carbocycles. The largest absolute Gasteiger partial charge is 0.407 e. The van der Waals surface area contributed by atoms with Gasteiger partial charge in [-0.25, -0.2) is 0 Å². The fourth-order valence-electron chi connectivity index (χ4n) is 2.16. The van der Waals surface area contributed by atoms with Crippen molar-refractivity contribution in [2.45, 2.75) is 39.3 Å². The lowest BCUT2D eigenvalue weighted by Crippen LogP contribution is -2.37. The molecule has 0 aliphatic heterocycles. The Morgan fingerprint density at radius 2 is 2.26 bits per heavy atom. The summed E-state index contributed by atoms with van der Waals surface area (Å²) in [7, 11) is 1.71. The van der Waals surface area contributed by atoms with E-state index in [4.69, 9.17) is 9.15 Å². The molecule has 1 unspecified atom stereocenters. The van der Waals surface area contributed by atoms with Gasteiger partial charge in [-0.1, -0.05) is 12.0 Å². The number of rotatable bonds is 9. The van der Waals surface area contributed by atoms with Gasteiger partial charge in [-0.3, -0.25) is 0 Å². The average molecular weight is 268 g/mol. The van der Waals surface area contributed by atoms with Crippen molar-refractivity contribution < 1.29 is 9.15 Å². The highest BCUT2D eigenvalue weighted by molar-refractivity contribution is 5.27. The molecule has 1 fully saturated rings. The zero-order chi connectivity index (χ0) is 13.7. The van der Waals surface area contributed by atoms with E-state index in [2.05, 4.69) is 34.3 Å². The van der Waals surface area contributed by atoms with Crippen LogP contribution in [0.2, 0.25) is 0 Å². The fraction of sp³-hybridized carbons (Fsp3) is 0.846. The summed E-state index contributed by atoms with van der Waals surface area (Å²) in [4.78, 5) is 2.17. The van der Waals surface area contributed by atoms with Crippen LogP contribution in [0.3, 0.4) is 0 Å². The highest BCUT2D eigenvalue weighted by atomic mass is 16.5. The smallest absolute Gasteiger partial charge is 0.318 e. The van der Waals surface area contributed by atoms with Gasteiger partial charge in [-0.05, 0) is 32.2 Å². The maximum Gasteiger partial charge on any atom is 0.318 e. The van der Waals surface area contributed by atoms with Crippen LogP contribution >= 0.6 is 0 Å². The van der Waals surface area contributed by atoms with Gasteiger partial charge in [0, 0.05) is 19.7 Å². The molecular weight excluding hydrogens is 244 g/mol. The Balaban J connectivity index is 2.01. The van der Waals surface area contributed by atoms with E-state index in [1.807, 2.05) is 0 Å². The number of nitrogens with zero attached hydrogens (tertiary/aromatic N) is 3. The van der Waals surface area contributed by atoms with E-state index < -0.39 is 0 Å². The number of anilines is 1. The molecule has 0 radical (unpaired) electrons. The first kappa shape index (κ1) is 14.3. The van der Waals surface area contributed by atoms with Crippen LogP contribution in [0.1, 0.15) is 32.6 Å². The molecule has 0 amide bonds. The van der Waals surface area contributed by atoms with Gasteiger partial charge >= 0.3 is 6.01 Å². The van der Waals surface area contributed by atoms with Crippen molar-refractivity contribution in [1.29, 1.82) is 0 Å². The van der Waals surface area contributed by atoms with Crippen LogP contribution in [0.4, 0.5) is 6.01 Å². The number of aromatic nitrogens is 2. The second kappa shape index (κ2) is 6.86. The molecule has 0 saturated heterocycles. The van der Waals surface area contributed by atoms with Crippen molar-refractivity contribution in [2.24, 2.45) is 5.92 Å². The zero-order valence-corrected chi connectivity index (χ0v) is 12.1. The summed E-state index contributed by atoms with van der Waals surface area (Å²) < 4.78 is 10.9. The number of hydrogen-bond acceptors (Lipinski definition) is 6. The van der Waals surface area contributed by atoms with Crippen molar-refractivity contribution in [3.05, 3.63) is 5.89 Å². The third kappa shape index (κ3) is 3.91. The molecule has 1 aliphatic carbocycles. The lowest BCUT2D eigenvalue weighted by Gasteiger charge is -2.26. The minimum absolute atomic E-state index is 0.433. The van der Waals surface area contributed by atoms with Crippen LogP contribution in [-0.4, -0.2) is 43.0 Å². The van der Waals surface area contributed by atoms with Gasteiger partial charge in [0.25, 0.3) is 0 Å². The fourth-order valence-corrected chi connectivity index (χ4v) is 2.16. The molecule has 1 N–H and O–H groups in total. The third-order valence-electron chi connectivity index (χ3n) is 3.56. The van der Waals surface area contributed by atoms with E-state index in [0.717, 1.165) is 19.0 Å². The second-order valence-electron chi connectivity index (χ2n) is 5.02. The topological polar surface area (TPSA) is 63.4 Å². The Kier molecular flexibility index (Phi) is 5.15. The molecule has 1 heterocycles. The van der Waals surface area contributed by atoms with Gasteiger partial charge in [0.2, 0.25) is 5.89 Å². The van der Waals surface area contributed by atoms with Crippen molar-refractivity contribution >= 4 is 6.01 Å². The first-order valence-corrected chi connectivity index (χ1v) is 7.05. The third-order valence-corrected chi connectivity index (χ3v) is 3.56. The lowest BCUT2D eigenvalue weighted by molar-refractivity contribution is 0.201. The Labute approximate surface area is 114 Å². The molecule has 0 bridgehead atoms. The van der Waals surface area contributed by atoms with Crippen LogP contribution < -0.4 is 10.2 Å². The van der Waals surface area contributed by atoms with Gasteiger partial charge < -0.3 is 19.4 Å². The maximum atomic E-state index is 5.73. The van der Waals surface area contributed by atoms with Crippen molar-refractivity contribution in [3.8, 4) is 0 Å². The predicted molar refractivity (Wildman–Crippen MR) is 73.1 cm³/mol. The molecule has 6 heteroatoms. The van der Waals surface area contributed by atoms with Gasteiger partial charge in [0.05, 0.1) is 13.2 Å². The van der Waals surface area contributed by atoms with Gasteiger partial charge in [-0.15, -0.1) is 5.10 Å². The summed E-state index contributed by atoms with van der Waals surface area (Å²) in [5.74, 6) is 1.39. The summed E-state index contributed by atoms with van der Waals surface area (Å²) in [6, 6.07) is 1.05. The highest BCUT2D eigenvalue weighted by Crippen LogP contribution is 2.36. The minimum atomic E-state index is 0.433. The quantitative estimate of drug-likeness (QED) is 0.731. The van der Waals surface area contributed by atoms with Crippen LogP contribution in [0, 0.1) is 5.92 Å². The first-order valence-electron chi connectivity index (χ1n) is 7.05. The molecule has 1 atom stereocenters. The first-order chi connectivity index (χ1) is 9.26. The molecule has 2 rings (SSSR count). The molecule has 1 aromatic rings. The van der Waals surface area contributed by atoms with Crippen LogP contribution in [0.15, 0.2) is 4.42 Å². The van der Waals surface area contributed by atoms with Crippen molar-refractivity contribution in [2.75, 3.05) is 31.7 Å². The van der Waals surface area contributed by atoms with Crippen LogP contribution in [0.5, 0.6) is 0 Å². The maximum absolute atomic E-state index is 5.73. The van der Waals surface area contributed by atoms with E-state index in [9.17, 15) is 0 Å². The summed E-state index contributed by atoms with van der Waals surface area (Å²) in [5.41, 5.74) is 0. The van der Waals surface area contributed by atoms with Crippen molar-refractivity contribution in [1.82, 2.24) is 15.5 Å². The number of nitrogens with one attached hydrogen (secondary N) is 1. The van der Waals surface area contributed by atoms with Gasteiger partial charge in [0.1, 0.15) is 0 Å². The molecule has 108 valence electrons. The lowest BCUT2D eigenvalue weighted by atomic mass is 10.2. The number of ether oxygens (including phenoxy) is 1. The van der Waals surface area contributed by atoms with E-state index in [1.165, 1.54) is 12.8 Å². The minimum Gasteiger partial charge on any atom is -0.407 e. The summed E-state index contributed by atoms with van der Waals surface area (Å²) in [5, 5.41) is 11.4. The molecule has 1 aliphatic rings. The average Bonchev–Trinajstić information content (AvgIpc) is 3.17. The summed E-state index contributed by atoms with van der Waals surface area (Å²) >= 11 is 0. The van der Waals surface area contributed by atoms with Crippen molar-refractivity contribution in [3.63, 3.8) is 0 Å². The molecule has 0 aromatic carbocycles. The van der Waals surface area contributed by atoms with E-state index in [1.54, 1.807) is 7.11 Å². The normalized spacial score (nSPS) is 16.6. The van der Waals surface area contributed by atoms with Crippen LogP contribution in [-0.2, 0) is 11.3 Å². The molecular formula is C13H24N4O2. The Bertz CT molecular complexity index is 378. The summed E-state index contributed by atoms with van der Waals surface area (Å²) in [6.07, 6.45) is 2.59. The predicted octanol–water partition coefficient (Wildman–Crippen LogP) is 1.43. The molecule has 1 aromatic heterocycles. The Morgan fingerprint density at radius 3 is 2.89 bits per heavy atom. The number of methoxy groups -OCH3 is 1. The molecule has 0 spiro atoms. The second-order valence-corrected chi connectivity index (χ2v) is 5.02. The summed E-state index contributed by atoms with van der Waals surface area (Å²) in [6.45, 7) is 7.25. The van der Waals surface area contributed by atoms with Crippen LogP contribution in [0.25, 0.3) is 0 Å². The van der Waals surface area contributed by atoms with E-state index >= 15 is 0 Å². The zero-order valence-electron chi connectivity index (χ0n) is 12.1. The van der Waals surface area contributed by atoms with E-state index in [-0.39, 0.29) is 0 Å². The van der Waals surface area contributed by atoms with E-state index in [0.29, 0.717) is 31.1 Å². The number of hydrogen-bond donors (Lipinski definition) is 1. The van der Waals surface area contributed by atoms with Gasteiger partial charge in [-0.2, -0.15) is 0 Å². The standard InChI is InChI=1S/C13H24N4O2/c1-4-14-9-12-15-16-13(19-12)17(7-8-18-3)10(2)11-5-6-11/h10-11,14H,4-9H2,1-3H3. The Hall–Kier alpha value is -1.14. The Morgan fingerprint density at radius 1 is 1.47 bits per heavy atom. The monoisotopic (exact) mass is 268 g/mol. The molecule has 19 heavy (non-hydrogen) atoms. The SMILES string of the molecule is CCNCc1nnc(N(CCOC)C(C)C2CC2)o1. The molecule has 6 nitrogen and oxygen atoms in total. The highest BCUT2D eigenvalue weighted by Gasteiger charge is 2.34.